The van der Waals surface area contributed by atoms with Gasteiger partial charge in [0.05, 0.1) is 11.8 Å². The van der Waals surface area contributed by atoms with E-state index in [1.807, 2.05) is 24.3 Å². The van der Waals surface area contributed by atoms with Crippen molar-refractivity contribution in [2.24, 2.45) is 7.05 Å². The van der Waals surface area contributed by atoms with E-state index in [9.17, 15) is 9.90 Å². The molecule has 0 atom stereocenters. The zero-order valence-corrected chi connectivity index (χ0v) is 13.6. The Labute approximate surface area is 135 Å². The van der Waals surface area contributed by atoms with Gasteiger partial charge in [-0.1, -0.05) is 6.42 Å². The van der Waals surface area contributed by atoms with Gasteiger partial charge in [-0.2, -0.15) is 5.10 Å². The number of aryl methyl sites for hydroxylation is 1. The van der Waals surface area contributed by atoms with Crippen molar-refractivity contribution in [3.8, 4) is 17.0 Å². The number of nitrogens with zero attached hydrogens (tertiary/aromatic N) is 2. The second-order valence-electron chi connectivity index (χ2n) is 6.14. The SMILES string of the molecule is Cc1c(C(=O)O)c(-c2ccc(OC3CCCCC3)cc2)nn1C. The van der Waals surface area contributed by atoms with Gasteiger partial charge >= 0.3 is 5.97 Å². The third-order valence-corrected chi connectivity index (χ3v) is 4.53. The summed E-state index contributed by atoms with van der Waals surface area (Å²) < 4.78 is 7.61. The van der Waals surface area contributed by atoms with Crippen LogP contribution >= 0.6 is 0 Å². The lowest BCUT2D eigenvalue weighted by molar-refractivity contribution is 0.0697. The Hall–Kier alpha value is -2.30. The lowest BCUT2D eigenvalue weighted by Gasteiger charge is -2.23. The van der Waals surface area contributed by atoms with Gasteiger partial charge in [-0.25, -0.2) is 4.79 Å². The first-order valence-corrected chi connectivity index (χ1v) is 8.10. The molecule has 5 heteroatoms. The highest BCUT2D eigenvalue weighted by Crippen LogP contribution is 2.28. The van der Waals surface area contributed by atoms with E-state index in [1.54, 1.807) is 18.7 Å². The molecule has 0 radical (unpaired) electrons. The zero-order chi connectivity index (χ0) is 16.4. The third kappa shape index (κ3) is 3.23. The minimum Gasteiger partial charge on any atom is -0.490 e. The highest BCUT2D eigenvalue weighted by Gasteiger charge is 2.21. The maximum atomic E-state index is 11.5. The average molecular weight is 314 g/mol. The van der Waals surface area contributed by atoms with Crippen molar-refractivity contribution in [1.29, 1.82) is 0 Å². The summed E-state index contributed by atoms with van der Waals surface area (Å²) in [4.78, 5) is 11.5. The predicted molar refractivity (Wildman–Crippen MR) is 87.8 cm³/mol. The molecule has 0 aliphatic heterocycles. The van der Waals surface area contributed by atoms with Gasteiger partial charge in [0.25, 0.3) is 0 Å². The number of carboxylic acids is 1. The van der Waals surface area contributed by atoms with Crippen LogP contribution in [0.1, 0.15) is 48.2 Å². The molecule has 1 aromatic carbocycles. The highest BCUT2D eigenvalue weighted by molar-refractivity contribution is 5.96. The molecule has 1 heterocycles. The summed E-state index contributed by atoms with van der Waals surface area (Å²) in [6, 6.07) is 7.57. The molecule has 0 amide bonds. The van der Waals surface area contributed by atoms with Crippen molar-refractivity contribution >= 4 is 5.97 Å². The number of carbonyl (C=O) groups is 1. The molecule has 1 aliphatic carbocycles. The molecule has 5 nitrogen and oxygen atoms in total. The maximum absolute atomic E-state index is 11.5. The Morgan fingerprint density at radius 3 is 2.48 bits per heavy atom. The highest BCUT2D eigenvalue weighted by atomic mass is 16.5. The van der Waals surface area contributed by atoms with Crippen molar-refractivity contribution in [2.45, 2.75) is 45.1 Å². The van der Waals surface area contributed by atoms with Crippen LogP contribution in [0, 0.1) is 6.92 Å². The van der Waals surface area contributed by atoms with E-state index >= 15 is 0 Å². The molecule has 3 rings (SSSR count). The van der Waals surface area contributed by atoms with Crippen LogP contribution < -0.4 is 4.74 Å². The minimum absolute atomic E-state index is 0.258. The third-order valence-electron chi connectivity index (χ3n) is 4.53. The van der Waals surface area contributed by atoms with Crippen molar-refractivity contribution in [2.75, 3.05) is 0 Å². The lowest BCUT2D eigenvalue weighted by atomic mass is 9.98. The van der Waals surface area contributed by atoms with Gasteiger partial charge < -0.3 is 9.84 Å². The first kappa shape index (κ1) is 15.6. The lowest BCUT2D eigenvalue weighted by Crippen LogP contribution is -2.19. The van der Waals surface area contributed by atoms with E-state index in [-0.39, 0.29) is 5.56 Å². The number of rotatable bonds is 4. The standard InChI is InChI=1S/C18H22N2O3/c1-12-16(18(21)22)17(19-20(12)2)13-8-10-15(11-9-13)23-14-6-4-3-5-7-14/h8-11,14H,3-7H2,1-2H3,(H,21,22). The second-order valence-corrected chi connectivity index (χ2v) is 6.14. The predicted octanol–water partition coefficient (Wildman–Crippen LogP) is 3.81. The molecular formula is C18H22N2O3. The van der Waals surface area contributed by atoms with E-state index in [2.05, 4.69) is 5.10 Å². The number of benzene rings is 1. The summed E-state index contributed by atoms with van der Waals surface area (Å²) >= 11 is 0. The molecule has 0 bridgehead atoms. The second kappa shape index (κ2) is 6.44. The Morgan fingerprint density at radius 1 is 1.22 bits per heavy atom. The Kier molecular flexibility index (Phi) is 4.37. The van der Waals surface area contributed by atoms with Gasteiger partial charge in [-0.05, 0) is 56.9 Å². The van der Waals surface area contributed by atoms with Crippen LogP contribution in [-0.2, 0) is 7.05 Å². The molecule has 1 N–H and O–H groups in total. The largest absolute Gasteiger partial charge is 0.490 e. The van der Waals surface area contributed by atoms with Gasteiger partial charge in [0.1, 0.15) is 17.0 Å². The van der Waals surface area contributed by atoms with Crippen molar-refractivity contribution in [1.82, 2.24) is 9.78 Å². The van der Waals surface area contributed by atoms with Gasteiger partial charge in [-0.3, -0.25) is 4.68 Å². The van der Waals surface area contributed by atoms with E-state index in [0.717, 1.165) is 24.2 Å². The van der Waals surface area contributed by atoms with Gasteiger partial charge in [0, 0.05) is 12.6 Å². The topological polar surface area (TPSA) is 64.3 Å². The van der Waals surface area contributed by atoms with Crippen LogP contribution in [0.5, 0.6) is 5.75 Å². The fourth-order valence-electron chi connectivity index (χ4n) is 3.13. The molecule has 0 spiro atoms. The van der Waals surface area contributed by atoms with Crippen LogP contribution in [0.4, 0.5) is 0 Å². The summed E-state index contributed by atoms with van der Waals surface area (Å²) in [6.07, 6.45) is 6.31. The van der Waals surface area contributed by atoms with Crippen LogP contribution in [0.15, 0.2) is 24.3 Å². The van der Waals surface area contributed by atoms with E-state index in [1.165, 1.54) is 19.3 Å². The van der Waals surface area contributed by atoms with Gasteiger partial charge in [0.15, 0.2) is 0 Å². The fraction of sp³-hybridized carbons (Fsp3) is 0.444. The molecular weight excluding hydrogens is 292 g/mol. The quantitative estimate of drug-likeness (QED) is 0.932. The van der Waals surface area contributed by atoms with Crippen molar-refractivity contribution < 1.29 is 14.6 Å². The number of ether oxygens (including phenoxy) is 1. The number of aromatic nitrogens is 2. The van der Waals surface area contributed by atoms with E-state index in [4.69, 9.17) is 4.74 Å². The number of hydrogen-bond donors (Lipinski definition) is 1. The van der Waals surface area contributed by atoms with Crippen LogP contribution in [0.3, 0.4) is 0 Å². The first-order chi connectivity index (χ1) is 11.1. The zero-order valence-electron chi connectivity index (χ0n) is 13.6. The van der Waals surface area contributed by atoms with Gasteiger partial charge in [-0.15, -0.1) is 0 Å². The van der Waals surface area contributed by atoms with E-state index in [0.29, 0.717) is 17.5 Å². The molecule has 1 aliphatic rings. The first-order valence-electron chi connectivity index (χ1n) is 8.10. The molecule has 1 saturated carbocycles. The molecule has 23 heavy (non-hydrogen) atoms. The Morgan fingerprint density at radius 2 is 1.87 bits per heavy atom. The summed E-state index contributed by atoms with van der Waals surface area (Å²) in [5, 5.41) is 13.8. The molecule has 0 saturated heterocycles. The maximum Gasteiger partial charge on any atom is 0.339 e. The van der Waals surface area contributed by atoms with Gasteiger partial charge in [0.2, 0.25) is 0 Å². The van der Waals surface area contributed by atoms with Crippen LogP contribution in [-0.4, -0.2) is 27.0 Å². The van der Waals surface area contributed by atoms with E-state index < -0.39 is 5.97 Å². The summed E-state index contributed by atoms with van der Waals surface area (Å²) in [6.45, 7) is 1.76. The number of hydrogen-bond acceptors (Lipinski definition) is 3. The Bertz CT molecular complexity index is 698. The monoisotopic (exact) mass is 314 g/mol. The van der Waals surface area contributed by atoms with Crippen LogP contribution in [0.25, 0.3) is 11.3 Å². The molecule has 1 aromatic heterocycles. The van der Waals surface area contributed by atoms with Crippen molar-refractivity contribution in [3.63, 3.8) is 0 Å². The minimum atomic E-state index is -0.951. The number of aromatic carboxylic acids is 1. The molecule has 0 unspecified atom stereocenters. The molecule has 1 fully saturated rings. The number of carboxylic acid groups (broad SMARTS) is 1. The molecule has 122 valence electrons. The fourth-order valence-corrected chi connectivity index (χ4v) is 3.13. The van der Waals surface area contributed by atoms with Crippen LogP contribution in [0.2, 0.25) is 0 Å². The molecule has 2 aromatic rings. The summed E-state index contributed by atoms with van der Waals surface area (Å²) in [5.41, 5.74) is 2.20. The average Bonchev–Trinajstić information content (AvgIpc) is 2.85. The summed E-state index contributed by atoms with van der Waals surface area (Å²) in [7, 11) is 1.76. The Balaban J connectivity index is 1.82. The normalized spacial score (nSPS) is 15.6. The smallest absolute Gasteiger partial charge is 0.339 e. The van der Waals surface area contributed by atoms with Crippen molar-refractivity contribution in [3.05, 3.63) is 35.5 Å². The summed E-state index contributed by atoms with van der Waals surface area (Å²) in [5.74, 6) is -0.113.